The van der Waals surface area contributed by atoms with Crippen LogP contribution in [0.25, 0.3) is 0 Å². The fourth-order valence-corrected chi connectivity index (χ4v) is 1.50. The summed E-state index contributed by atoms with van der Waals surface area (Å²) >= 11 is 0. The van der Waals surface area contributed by atoms with E-state index in [0.29, 0.717) is 24.0 Å². The van der Waals surface area contributed by atoms with Crippen molar-refractivity contribution in [1.29, 1.82) is 5.26 Å². The van der Waals surface area contributed by atoms with Gasteiger partial charge in [0.15, 0.2) is 0 Å². The first-order valence-corrected chi connectivity index (χ1v) is 5.37. The van der Waals surface area contributed by atoms with Crippen LogP contribution in [0, 0.1) is 17.2 Å². The van der Waals surface area contributed by atoms with Gasteiger partial charge in [-0.1, -0.05) is 19.9 Å². The Morgan fingerprint density at radius 1 is 1.59 bits per heavy atom. The Hall–Kier alpha value is -2.09. The molecule has 0 bridgehead atoms. The first-order chi connectivity index (χ1) is 8.02. The van der Waals surface area contributed by atoms with Gasteiger partial charge in [-0.3, -0.25) is 4.79 Å². The minimum atomic E-state index is -0.908. The molecule has 90 valence electrons. The van der Waals surface area contributed by atoms with E-state index in [0.717, 1.165) is 0 Å². The fraction of sp³-hybridized carbons (Fsp3) is 0.417. The summed E-state index contributed by atoms with van der Waals surface area (Å²) in [5.74, 6) is -0.0585. The highest BCUT2D eigenvalue weighted by molar-refractivity contribution is 5.73. The SMILES string of the molecule is CC(C)CN(CC(=O)O)c1cccc(C#N)n1. The van der Waals surface area contributed by atoms with Crippen LogP contribution < -0.4 is 4.90 Å². The number of aromatic nitrogens is 1. The summed E-state index contributed by atoms with van der Waals surface area (Å²) in [5.41, 5.74) is 0.293. The standard InChI is InChI=1S/C12H15N3O2/c1-9(2)7-15(8-12(16)17)11-5-3-4-10(6-13)14-11/h3-5,9H,7-8H2,1-2H3,(H,16,17). The van der Waals surface area contributed by atoms with Crippen molar-refractivity contribution in [1.82, 2.24) is 4.98 Å². The number of carboxylic acid groups (broad SMARTS) is 1. The van der Waals surface area contributed by atoms with Crippen LogP contribution in [0.4, 0.5) is 5.82 Å². The average molecular weight is 233 g/mol. The third-order valence-electron chi connectivity index (χ3n) is 2.08. The van der Waals surface area contributed by atoms with Crippen molar-refractivity contribution in [2.75, 3.05) is 18.0 Å². The fourth-order valence-electron chi connectivity index (χ4n) is 1.50. The summed E-state index contributed by atoms with van der Waals surface area (Å²) in [6, 6.07) is 6.96. The maximum absolute atomic E-state index is 10.8. The lowest BCUT2D eigenvalue weighted by molar-refractivity contribution is -0.135. The molecule has 0 spiro atoms. The lowest BCUT2D eigenvalue weighted by atomic mass is 10.2. The molecular weight excluding hydrogens is 218 g/mol. The normalized spacial score (nSPS) is 10.0. The van der Waals surface area contributed by atoms with E-state index in [2.05, 4.69) is 4.98 Å². The minimum absolute atomic E-state index is 0.111. The first kappa shape index (κ1) is 13.0. The van der Waals surface area contributed by atoms with Gasteiger partial charge in [0, 0.05) is 6.54 Å². The van der Waals surface area contributed by atoms with Crippen molar-refractivity contribution < 1.29 is 9.90 Å². The van der Waals surface area contributed by atoms with Gasteiger partial charge in [-0.25, -0.2) is 4.98 Å². The van der Waals surface area contributed by atoms with Gasteiger partial charge in [0.25, 0.3) is 0 Å². The molecule has 1 N–H and O–H groups in total. The Bertz CT molecular complexity index is 438. The predicted octanol–water partition coefficient (Wildman–Crippen LogP) is 1.50. The van der Waals surface area contributed by atoms with E-state index in [1.54, 1.807) is 23.1 Å². The van der Waals surface area contributed by atoms with Gasteiger partial charge in [-0.15, -0.1) is 0 Å². The number of pyridine rings is 1. The van der Waals surface area contributed by atoms with E-state index < -0.39 is 5.97 Å². The molecular formula is C12H15N3O2. The topological polar surface area (TPSA) is 77.2 Å². The number of hydrogen-bond donors (Lipinski definition) is 1. The largest absolute Gasteiger partial charge is 0.480 e. The van der Waals surface area contributed by atoms with E-state index in [-0.39, 0.29) is 6.54 Å². The highest BCUT2D eigenvalue weighted by Crippen LogP contribution is 2.13. The molecule has 5 nitrogen and oxygen atoms in total. The molecule has 0 aliphatic carbocycles. The molecule has 0 amide bonds. The minimum Gasteiger partial charge on any atom is -0.480 e. The summed E-state index contributed by atoms with van der Waals surface area (Å²) in [6.07, 6.45) is 0. The Labute approximate surface area is 100 Å². The van der Waals surface area contributed by atoms with Crippen LogP contribution in [0.15, 0.2) is 18.2 Å². The maximum atomic E-state index is 10.8. The monoisotopic (exact) mass is 233 g/mol. The van der Waals surface area contributed by atoms with Crippen LogP contribution >= 0.6 is 0 Å². The van der Waals surface area contributed by atoms with Gasteiger partial charge in [0.1, 0.15) is 24.1 Å². The molecule has 0 atom stereocenters. The van der Waals surface area contributed by atoms with Crippen LogP contribution in [0.3, 0.4) is 0 Å². The smallest absolute Gasteiger partial charge is 0.323 e. The molecule has 0 aliphatic rings. The van der Waals surface area contributed by atoms with Gasteiger partial charge < -0.3 is 10.0 Å². The molecule has 1 aromatic heterocycles. The third kappa shape index (κ3) is 4.11. The Morgan fingerprint density at radius 3 is 2.82 bits per heavy atom. The molecule has 0 radical (unpaired) electrons. The molecule has 5 heteroatoms. The van der Waals surface area contributed by atoms with Crippen molar-refractivity contribution in [3.63, 3.8) is 0 Å². The Balaban J connectivity index is 2.95. The van der Waals surface area contributed by atoms with E-state index in [9.17, 15) is 4.79 Å². The lowest BCUT2D eigenvalue weighted by Crippen LogP contribution is -2.33. The second kappa shape index (κ2) is 5.85. The van der Waals surface area contributed by atoms with Crippen molar-refractivity contribution in [2.24, 2.45) is 5.92 Å². The van der Waals surface area contributed by atoms with Crippen molar-refractivity contribution in [3.05, 3.63) is 23.9 Å². The second-order valence-electron chi connectivity index (χ2n) is 4.16. The summed E-state index contributed by atoms with van der Waals surface area (Å²) in [6.45, 7) is 4.49. The number of rotatable bonds is 5. The van der Waals surface area contributed by atoms with Crippen LogP contribution in [-0.4, -0.2) is 29.1 Å². The molecule has 0 unspecified atom stereocenters. The van der Waals surface area contributed by atoms with Crippen LogP contribution in [0.5, 0.6) is 0 Å². The number of anilines is 1. The number of nitriles is 1. The van der Waals surface area contributed by atoms with Gasteiger partial charge in [-0.2, -0.15) is 5.26 Å². The molecule has 1 rings (SSSR count). The molecule has 17 heavy (non-hydrogen) atoms. The van der Waals surface area contributed by atoms with Crippen molar-refractivity contribution >= 4 is 11.8 Å². The number of carboxylic acids is 1. The number of carbonyl (C=O) groups is 1. The Morgan fingerprint density at radius 2 is 2.29 bits per heavy atom. The number of nitrogens with zero attached hydrogens (tertiary/aromatic N) is 3. The van der Waals surface area contributed by atoms with Crippen molar-refractivity contribution in [3.8, 4) is 6.07 Å². The van der Waals surface area contributed by atoms with E-state index in [1.807, 2.05) is 19.9 Å². The molecule has 0 saturated carbocycles. The Kier molecular flexibility index (Phi) is 4.46. The summed E-state index contributed by atoms with van der Waals surface area (Å²) < 4.78 is 0. The van der Waals surface area contributed by atoms with Gasteiger partial charge in [0.05, 0.1) is 0 Å². The first-order valence-electron chi connectivity index (χ1n) is 5.37. The summed E-state index contributed by atoms with van der Waals surface area (Å²) in [5, 5.41) is 17.6. The van der Waals surface area contributed by atoms with E-state index in [1.165, 1.54) is 0 Å². The van der Waals surface area contributed by atoms with Gasteiger partial charge in [-0.05, 0) is 18.1 Å². The molecule has 0 aromatic carbocycles. The highest BCUT2D eigenvalue weighted by Gasteiger charge is 2.13. The van der Waals surface area contributed by atoms with Crippen LogP contribution in [0.1, 0.15) is 19.5 Å². The zero-order valence-electron chi connectivity index (χ0n) is 9.92. The molecule has 1 heterocycles. The zero-order chi connectivity index (χ0) is 12.8. The average Bonchev–Trinajstić information content (AvgIpc) is 2.27. The van der Waals surface area contributed by atoms with Gasteiger partial charge >= 0.3 is 5.97 Å². The van der Waals surface area contributed by atoms with Crippen molar-refractivity contribution in [2.45, 2.75) is 13.8 Å². The predicted molar refractivity (Wildman–Crippen MR) is 63.6 cm³/mol. The molecule has 0 fully saturated rings. The number of aliphatic carboxylic acids is 1. The molecule has 0 saturated heterocycles. The third-order valence-corrected chi connectivity index (χ3v) is 2.08. The maximum Gasteiger partial charge on any atom is 0.323 e. The van der Waals surface area contributed by atoms with Crippen LogP contribution in [-0.2, 0) is 4.79 Å². The highest BCUT2D eigenvalue weighted by atomic mass is 16.4. The van der Waals surface area contributed by atoms with Gasteiger partial charge in [0.2, 0.25) is 0 Å². The van der Waals surface area contributed by atoms with E-state index in [4.69, 9.17) is 10.4 Å². The van der Waals surface area contributed by atoms with E-state index >= 15 is 0 Å². The molecule has 1 aromatic rings. The summed E-state index contributed by atoms with van der Waals surface area (Å²) in [4.78, 5) is 16.5. The second-order valence-corrected chi connectivity index (χ2v) is 4.16. The lowest BCUT2D eigenvalue weighted by Gasteiger charge is -2.23. The van der Waals surface area contributed by atoms with Crippen LogP contribution in [0.2, 0.25) is 0 Å². The zero-order valence-corrected chi connectivity index (χ0v) is 9.92. The molecule has 0 aliphatic heterocycles. The summed E-state index contributed by atoms with van der Waals surface area (Å²) in [7, 11) is 0. The quantitative estimate of drug-likeness (QED) is 0.833. The number of hydrogen-bond acceptors (Lipinski definition) is 4.